The average molecular weight is 297 g/mol. The first-order valence-corrected chi connectivity index (χ1v) is 7.51. The van der Waals surface area contributed by atoms with Crippen molar-refractivity contribution in [2.24, 2.45) is 0 Å². The molecule has 0 aromatic heterocycles. The zero-order chi connectivity index (χ0) is 16.0. The monoisotopic (exact) mass is 297 g/mol. The zero-order valence-corrected chi connectivity index (χ0v) is 13.4. The molecule has 0 fully saturated rings. The molecule has 2 aromatic carbocycles. The Hall–Kier alpha value is -2.29. The quantitative estimate of drug-likeness (QED) is 0.888. The normalized spacial score (nSPS) is 11.0. The Labute approximate surface area is 132 Å². The number of methoxy groups -OCH3 is 1. The van der Waals surface area contributed by atoms with Crippen molar-refractivity contribution in [3.05, 3.63) is 65.7 Å². The minimum atomic E-state index is -0.636. The largest absolute Gasteiger partial charge is 0.496 e. The van der Waals surface area contributed by atoms with Gasteiger partial charge in [-0.1, -0.05) is 48.5 Å². The lowest BCUT2D eigenvalue weighted by Crippen LogP contribution is -2.41. The molecular formula is C19H23NO2. The summed E-state index contributed by atoms with van der Waals surface area (Å²) in [5.41, 5.74) is 1.48. The number of hydrogen-bond donors (Lipinski definition) is 1. The molecule has 0 saturated heterocycles. The van der Waals surface area contributed by atoms with Gasteiger partial charge in [0.2, 0.25) is 5.91 Å². The van der Waals surface area contributed by atoms with Crippen LogP contribution in [0.1, 0.15) is 25.0 Å². The van der Waals surface area contributed by atoms with E-state index in [2.05, 4.69) is 17.4 Å². The molecule has 0 heterocycles. The fraction of sp³-hybridized carbons (Fsp3) is 0.316. The summed E-state index contributed by atoms with van der Waals surface area (Å²) in [6.07, 6.45) is 0.828. The van der Waals surface area contributed by atoms with Crippen molar-refractivity contribution in [1.29, 1.82) is 0 Å². The van der Waals surface area contributed by atoms with Crippen LogP contribution in [-0.4, -0.2) is 19.6 Å². The Kier molecular flexibility index (Phi) is 5.21. The number of carbonyl (C=O) groups is 1. The SMILES string of the molecule is COc1ccccc1C(C)(C)C(=O)NCCc1ccccc1. The van der Waals surface area contributed by atoms with Crippen LogP contribution in [0.25, 0.3) is 0 Å². The number of ether oxygens (including phenoxy) is 1. The molecule has 116 valence electrons. The lowest BCUT2D eigenvalue weighted by molar-refractivity contribution is -0.125. The van der Waals surface area contributed by atoms with E-state index in [-0.39, 0.29) is 5.91 Å². The fourth-order valence-corrected chi connectivity index (χ4v) is 2.47. The molecule has 0 aliphatic rings. The summed E-state index contributed by atoms with van der Waals surface area (Å²) in [6.45, 7) is 4.47. The van der Waals surface area contributed by atoms with E-state index in [4.69, 9.17) is 4.74 Å². The van der Waals surface area contributed by atoms with Crippen molar-refractivity contribution >= 4 is 5.91 Å². The number of hydrogen-bond acceptors (Lipinski definition) is 2. The molecule has 2 aromatic rings. The molecule has 0 atom stereocenters. The number of carbonyl (C=O) groups excluding carboxylic acids is 1. The lowest BCUT2D eigenvalue weighted by Gasteiger charge is -2.26. The Morgan fingerprint density at radius 2 is 1.68 bits per heavy atom. The topological polar surface area (TPSA) is 38.3 Å². The first-order chi connectivity index (χ1) is 10.6. The van der Waals surface area contributed by atoms with E-state index in [1.54, 1.807) is 7.11 Å². The van der Waals surface area contributed by atoms with E-state index in [1.165, 1.54) is 5.56 Å². The second-order valence-electron chi connectivity index (χ2n) is 5.82. The van der Waals surface area contributed by atoms with E-state index in [0.717, 1.165) is 17.7 Å². The molecule has 2 rings (SSSR count). The Balaban J connectivity index is 2.01. The van der Waals surface area contributed by atoms with E-state index >= 15 is 0 Å². The van der Waals surface area contributed by atoms with E-state index in [0.29, 0.717) is 6.54 Å². The van der Waals surface area contributed by atoms with Crippen LogP contribution >= 0.6 is 0 Å². The first kappa shape index (κ1) is 16.1. The molecule has 1 amide bonds. The van der Waals surface area contributed by atoms with E-state index < -0.39 is 5.41 Å². The van der Waals surface area contributed by atoms with Gasteiger partial charge < -0.3 is 10.1 Å². The molecule has 3 nitrogen and oxygen atoms in total. The van der Waals surface area contributed by atoms with Crippen molar-refractivity contribution in [2.45, 2.75) is 25.7 Å². The smallest absolute Gasteiger partial charge is 0.230 e. The molecule has 0 radical (unpaired) electrons. The van der Waals surface area contributed by atoms with Crippen LogP contribution in [0.4, 0.5) is 0 Å². The van der Waals surface area contributed by atoms with Crippen LogP contribution in [0.15, 0.2) is 54.6 Å². The van der Waals surface area contributed by atoms with Gasteiger partial charge in [0.1, 0.15) is 5.75 Å². The highest BCUT2D eigenvalue weighted by molar-refractivity contribution is 5.88. The third kappa shape index (κ3) is 3.67. The Bertz CT molecular complexity index is 620. The van der Waals surface area contributed by atoms with Crippen molar-refractivity contribution in [1.82, 2.24) is 5.32 Å². The van der Waals surface area contributed by atoms with Crippen LogP contribution in [0.5, 0.6) is 5.75 Å². The fourth-order valence-electron chi connectivity index (χ4n) is 2.47. The minimum Gasteiger partial charge on any atom is -0.496 e. The van der Waals surface area contributed by atoms with Crippen LogP contribution in [0.3, 0.4) is 0 Å². The summed E-state index contributed by atoms with van der Waals surface area (Å²) in [5, 5.41) is 3.03. The van der Waals surface area contributed by atoms with Crippen molar-refractivity contribution in [3.63, 3.8) is 0 Å². The maximum absolute atomic E-state index is 12.6. The van der Waals surface area contributed by atoms with Crippen LogP contribution in [-0.2, 0) is 16.6 Å². The molecule has 0 unspecified atom stereocenters. The third-order valence-electron chi connectivity index (χ3n) is 3.89. The second kappa shape index (κ2) is 7.12. The van der Waals surface area contributed by atoms with E-state index in [9.17, 15) is 4.79 Å². The Morgan fingerprint density at radius 1 is 1.05 bits per heavy atom. The van der Waals surface area contributed by atoms with Gasteiger partial charge in [-0.2, -0.15) is 0 Å². The van der Waals surface area contributed by atoms with Gasteiger partial charge in [0, 0.05) is 12.1 Å². The van der Waals surface area contributed by atoms with Crippen LogP contribution < -0.4 is 10.1 Å². The van der Waals surface area contributed by atoms with Gasteiger partial charge in [-0.05, 0) is 31.9 Å². The number of rotatable bonds is 6. The van der Waals surface area contributed by atoms with Crippen molar-refractivity contribution < 1.29 is 9.53 Å². The molecule has 0 saturated carbocycles. The average Bonchev–Trinajstić information content (AvgIpc) is 2.55. The van der Waals surface area contributed by atoms with Gasteiger partial charge in [-0.3, -0.25) is 4.79 Å². The number of amides is 1. The molecule has 0 bridgehead atoms. The van der Waals surface area contributed by atoms with E-state index in [1.807, 2.05) is 56.3 Å². The van der Waals surface area contributed by atoms with Gasteiger partial charge in [0.15, 0.2) is 0 Å². The standard InChI is InChI=1S/C19H23NO2/c1-19(2,16-11-7-8-12-17(16)22-3)18(21)20-14-13-15-9-5-4-6-10-15/h4-12H,13-14H2,1-3H3,(H,20,21). The van der Waals surface area contributed by atoms with Gasteiger partial charge in [0.05, 0.1) is 12.5 Å². The molecule has 1 N–H and O–H groups in total. The van der Waals surface area contributed by atoms with Crippen molar-refractivity contribution in [3.8, 4) is 5.75 Å². The first-order valence-electron chi connectivity index (χ1n) is 7.51. The van der Waals surface area contributed by atoms with Gasteiger partial charge in [-0.25, -0.2) is 0 Å². The molecule has 0 aliphatic heterocycles. The summed E-state index contributed by atoms with van der Waals surface area (Å²) in [4.78, 5) is 12.6. The maximum atomic E-state index is 12.6. The third-order valence-corrected chi connectivity index (χ3v) is 3.89. The maximum Gasteiger partial charge on any atom is 0.230 e. The lowest BCUT2D eigenvalue weighted by atomic mass is 9.83. The predicted octanol–water partition coefficient (Wildman–Crippen LogP) is 3.33. The molecular weight excluding hydrogens is 274 g/mol. The summed E-state index contributed by atoms with van der Waals surface area (Å²) in [7, 11) is 1.63. The summed E-state index contributed by atoms with van der Waals surface area (Å²) in [5.74, 6) is 0.749. The number of para-hydroxylation sites is 1. The minimum absolute atomic E-state index is 0.00734. The van der Waals surface area contributed by atoms with Crippen LogP contribution in [0, 0.1) is 0 Å². The highest BCUT2D eigenvalue weighted by Gasteiger charge is 2.32. The highest BCUT2D eigenvalue weighted by Crippen LogP contribution is 2.31. The van der Waals surface area contributed by atoms with Crippen molar-refractivity contribution in [2.75, 3.05) is 13.7 Å². The molecule has 3 heteroatoms. The predicted molar refractivity (Wildman–Crippen MR) is 89.2 cm³/mol. The number of benzene rings is 2. The summed E-state index contributed by atoms with van der Waals surface area (Å²) < 4.78 is 5.38. The van der Waals surface area contributed by atoms with Gasteiger partial charge in [-0.15, -0.1) is 0 Å². The summed E-state index contributed by atoms with van der Waals surface area (Å²) in [6, 6.07) is 17.8. The summed E-state index contributed by atoms with van der Waals surface area (Å²) >= 11 is 0. The molecule has 0 spiro atoms. The zero-order valence-electron chi connectivity index (χ0n) is 13.4. The highest BCUT2D eigenvalue weighted by atomic mass is 16.5. The molecule has 0 aliphatic carbocycles. The van der Waals surface area contributed by atoms with Gasteiger partial charge in [0.25, 0.3) is 0 Å². The second-order valence-corrected chi connectivity index (χ2v) is 5.82. The number of nitrogens with one attached hydrogen (secondary N) is 1. The Morgan fingerprint density at radius 3 is 2.36 bits per heavy atom. The van der Waals surface area contributed by atoms with Crippen LogP contribution in [0.2, 0.25) is 0 Å². The van der Waals surface area contributed by atoms with Gasteiger partial charge >= 0.3 is 0 Å². The molecule has 22 heavy (non-hydrogen) atoms.